The Morgan fingerprint density at radius 1 is 1.20 bits per heavy atom. The van der Waals surface area contributed by atoms with Crippen LogP contribution in [0.15, 0.2) is 12.2 Å². The lowest BCUT2D eigenvalue weighted by molar-refractivity contribution is 0.419. The van der Waals surface area contributed by atoms with E-state index in [0.29, 0.717) is 6.54 Å². The van der Waals surface area contributed by atoms with Crippen LogP contribution in [0.25, 0.3) is 0 Å². The predicted molar refractivity (Wildman–Crippen MR) is 44.8 cm³/mol. The third kappa shape index (κ3) is 2.53. The summed E-state index contributed by atoms with van der Waals surface area (Å²) in [4.78, 5) is 0. The van der Waals surface area contributed by atoms with Crippen LogP contribution in [0.4, 0.5) is 0 Å². The van der Waals surface area contributed by atoms with Gasteiger partial charge in [0.05, 0.1) is 0 Å². The number of nitrogens with two attached hydrogens (primary N) is 1. The van der Waals surface area contributed by atoms with E-state index in [1.807, 2.05) is 0 Å². The van der Waals surface area contributed by atoms with Crippen molar-refractivity contribution in [1.82, 2.24) is 0 Å². The SMILES string of the molecule is NC/C=C\C1CCCCC1. The molecule has 2 N–H and O–H groups in total. The van der Waals surface area contributed by atoms with E-state index in [9.17, 15) is 0 Å². The average Bonchev–Trinajstić information content (AvgIpc) is 2.03. The standard InChI is InChI=1S/C9H17N/c10-8-4-7-9-5-2-1-3-6-9/h4,7,9H,1-3,5-6,8,10H2/b7-4-. The minimum absolute atomic E-state index is 0.705. The largest absolute Gasteiger partial charge is 0.327 e. The summed E-state index contributed by atoms with van der Waals surface area (Å²) in [6.45, 7) is 0.705. The van der Waals surface area contributed by atoms with Crippen LogP contribution in [0.2, 0.25) is 0 Å². The second kappa shape index (κ2) is 4.51. The minimum atomic E-state index is 0.705. The Labute approximate surface area is 63.3 Å². The van der Waals surface area contributed by atoms with Crippen LogP contribution in [0.3, 0.4) is 0 Å². The molecule has 0 aliphatic heterocycles. The molecule has 0 spiro atoms. The topological polar surface area (TPSA) is 26.0 Å². The van der Waals surface area contributed by atoms with Crippen molar-refractivity contribution in [2.24, 2.45) is 11.7 Å². The zero-order valence-electron chi connectivity index (χ0n) is 6.55. The minimum Gasteiger partial charge on any atom is -0.327 e. The first kappa shape index (κ1) is 7.80. The summed E-state index contributed by atoms with van der Waals surface area (Å²) >= 11 is 0. The second-order valence-electron chi connectivity index (χ2n) is 3.06. The highest BCUT2D eigenvalue weighted by molar-refractivity contribution is 4.90. The molecule has 0 atom stereocenters. The van der Waals surface area contributed by atoms with Crippen LogP contribution in [0.1, 0.15) is 32.1 Å². The van der Waals surface area contributed by atoms with Crippen molar-refractivity contribution in [2.45, 2.75) is 32.1 Å². The highest BCUT2D eigenvalue weighted by Gasteiger charge is 2.08. The van der Waals surface area contributed by atoms with Crippen LogP contribution in [0, 0.1) is 5.92 Å². The van der Waals surface area contributed by atoms with E-state index in [0.717, 1.165) is 5.92 Å². The Balaban J connectivity index is 2.19. The molecule has 0 aromatic heterocycles. The molecule has 1 rings (SSSR count). The fourth-order valence-corrected chi connectivity index (χ4v) is 1.60. The van der Waals surface area contributed by atoms with Crippen molar-refractivity contribution in [1.29, 1.82) is 0 Å². The van der Waals surface area contributed by atoms with Gasteiger partial charge in [0, 0.05) is 6.54 Å². The van der Waals surface area contributed by atoms with E-state index < -0.39 is 0 Å². The molecule has 0 heterocycles. The molecule has 58 valence electrons. The number of hydrogen-bond acceptors (Lipinski definition) is 1. The van der Waals surface area contributed by atoms with Gasteiger partial charge in [-0.25, -0.2) is 0 Å². The summed E-state index contributed by atoms with van der Waals surface area (Å²) in [6.07, 6.45) is 11.4. The number of rotatable bonds is 2. The lowest BCUT2D eigenvalue weighted by atomic mass is 9.89. The van der Waals surface area contributed by atoms with Crippen LogP contribution in [-0.2, 0) is 0 Å². The highest BCUT2D eigenvalue weighted by atomic mass is 14.5. The Morgan fingerprint density at radius 3 is 2.50 bits per heavy atom. The normalized spacial score (nSPS) is 22.1. The van der Waals surface area contributed by atoms with Gasteiger partial charge in [0.1, 0.15) is 0 Å². The Kier molecular flexibility index (Phi) is 3.52. The van der Waals surface area contributed by atoms with Crippen LogP contribution in [0.5, 0.6) is 0 Å². The van der Waals surface area contributed by atoms with Gasteiger partial charge in [0.2, 0.25) is 0 Å². The summed E-state index contributed by atoms with van der Waals surface area (Å²) < 4.78 is 0. The van der Waals surface area contributed by atoms with Gasteiger partial charge in [0.15, 0.2) is 0 Å². The molecular weight excluding hydrogens is 122 g/mol. The fraction of sp³-hybridized carbons (Fsp3) is 0.778. The zero-order valence-corrected chi connectivity index (χ0v) is 6.55. The van der Waals surface area contributed by atoms with E-state index in [2.05, 4.69) is 12.2 Å². The molecule has 0 bridgehead atoms. The van der Waals surface area contributed by atoms with Gasteiger partial charge in [-0.2, -0.15) is 0 Å². The van der Waals surface area contributed by atoms with Crippen LogP contribution in [-0.4, -0.2) is 6.54 Å². The van der Waals surface area contributed by atoms with E-state index >= 15 is 0 Å². The van der Waals surface area contributed by atoms with Crippen molar-refractivity contribution < 1.29 is 0 Å². The van der Waals surface area contributed by atoms with Gasteiger partial charge in [-0.15, -0.1) is 0 Å². The molecule has 1 aliphatic carbocycles. The number of hydrogen-bond donors (Lipinski definition) is 1. The maximum atomic E-state index is 5.36. The molecule has 10 heavy (non-hydrogen) atoms. The summed E-state index contributed by atoms with van der Waals surface area (Å²) in [6, 6.07) is 0. The summed E-state index contributed by atoms with van der Waals surface area (Å²) in [7, 11) is 0. The Bertz CT molecular complexity index is 101. The van der Waals surface area contributed by atoms with Crippen LogP contribution < -0.4 is 5.73 Å². The van der Waals surface area contributed by atoms with E-state index in [-0.39, 0.29) is 0 Å². The maximum Gasteiger partial charge on any atom is 0.0106 e. The predicted octanol–water partition coefficient (Wildman–Crippen LogP) is 2.08. The molecule has 1 aliphatic rings. The molecule has 1 saturated carbocycles. The Morgan fingerprint density at radius 2 is 1.90 bits per heavy atom. The monoisotopic (exact) mass is 139 g/mol. The molecule has 0 saturated heterocycles. The highest BCUT2D eigenvalue weighted by Crippen LogP contribution is 2.24. The first-order chi connectivity index (χ1) is 4.93. The summed E-state index contributed by atoms with van der Waals surface area (Å²) in [5, 5.41) is 0. The molecule has 0 radical (unpaired) electrons. The smallest absolute Gasteiger partial charge is 0.0106 e. The quantitative estimate of drug-likeness (QED) is 0.582. The Hall–Kier alpha value is -0.300. The van der Waals surface area contributed by atoms with Crippen molar-refractivity contribution >= 4 is 0 Å². The van der Waals surface area contributed by atoms with E-state index in [4.69, 9.17) is 5.73 Å². The molecule has 1 fully saturated rings. The molecule has 0 aromatic rings. The molecule has 0 unspecified atom stereocenters. The van der Waals surface area contributed by atoms with E-state index in [1.54, 1.807) is 0 Å². The van der Waals surface area contributed by atoms with Gasteiger partial charge in [0.25, 0.3) is 0 Å². The van der Waals surface area contributed by atoms with Crippen LogP contribution >= 0.6 is 0 Å². The van der Waals surface area contributed by atoms with Gasteiger partial charge in [-0.1, -0.05) is 31.4 Å². The first-order valence-corrected chi connectivity index (χ1v) is 4.30. The average molecular weight is 139 g/mol. The van der Waals surface area contributed by atoms with Gasteiger partial charge in [-0.05, 0) is 18.8 Å². The zero-order chi connectivity index (χ0) is 7.23. The molecule has 0 aromatic carbocycles. The molecular formula is C9H17N. The second-order valence-corrected chi connectivity index (χ2v) is 3.06. The lowest BCUT2D eigenvalue weighted by Crippen LogP contribution is -2.03. The van der Waals surface area contributed by atoms with E-state index in [1.165, 1.54) is 32.1 Å². The lowest BCUT2D eigenvalue weighted by Gasteiger charge is -2.17. The maximum absolute atomic E-state index is 5.36. The van der Waals surface area contributed by atoms with Gasteiger partial charge >= 0.3 is 0 Å². The third-order valence-corrected chi connectivity index (χ3v) is 2.19. The van der Waals surface area contributed by atoms with Crippen molar-refractivity contribution in [3.63, 3.8) is 0 Å². The first-order valence-electron chi connectivity index (χ1n) is 4.30. The number of allylic oxidation sites excluding steroid dienone is 1. The summed E-state index contributed by atoms with van der Waals surface area (Å²) in [5.41, 5.74) is 5.36. The van der Waals surface area contributed by atoms with Crippen molar-refractivity contribution in [2.75, 3.05) is 6.54 Å². The summed E-state index contributed by atoms with van der Waals surface area (Å²) in [5.74, 6) is 0.845. The molecule has 0 amide bonds. The van der Waals surface area contributed by atoms with Crippen molar-refractivity contribution in [3.8, 4) is 0 Å². The van der Waals surface area contributed by atoms with Gasteiger partial charge < -0.3 is 5.73 Å². The third-order valence-electron chi connectivity index (χ3n) is 2.19. The molecule has 1 heteroatoms. The fourth-order valence-electron chi connectivity index (χ4n) is 1.60. The van der Waals surface area contributed by atoms with Gasteiger partial charge in [-0.3, -0.25) is 0 Å². The van der Waals surface area contributed by atoms with Crippen molar-refractivity contribution in [3.05, 3.63) is 12.2 Å². The molecule has 1 nitrogen and oxygen atoms in total.